The Balaban J connectivity index is 2.83. The third-order valence-corrected chi connectivity index (χ3v) is 2.82. The fraction of sp³-hybridized carbons (Fsp3) is 0.600. The van der Waals surface area contributed by atoms with E-state index in [0.717, 1.165) is 0 Å². The molecule has 1 rings (SSSR count). The van der Waals surface area contributed by atoms with Crippen molar-refractivity contribution in [3.8, 4) is 11.5 Å². The van der Waals surface area contributed by atoms with Crippen molar-refractivity contribution in [2.24, 2.45) is 5.92 Å². The normalized spacial score (nSPS) is 13.6. The second kappa shape index (κ2) is 7.54. The molecule has 120 valence electrons. The molecule has 0 heterocycles. The Morgan fingerprint density at radius 3 is 2.10 bits per heavy atom. The van der Waals surface area contributed by atoms with Crippen LogP contribution in [0.2, 0.25) is 0 Å². The number of alkyl halides is 3. The van der Waals surface area contributed by atoms with Gasteiger partial charge in [-0.2, -0.15) is 0 Å². The zero-order valence-electron chi connectivity index (χ0n) is 12.7. The lowest BCUT2D eigenvalue weighted by molar-refractivity contribution is -0.275. The minimum Gasteiger partial charge on any atom is -0.485 e. The first kappa shape index (κ1) is 17.6. The molecule has 1 aromatic rings. The molecule has 6 heteroatoms. The summed E-state index contributed by atoms with van der Waals surface area (Å²) in [6.07, 6.45) is -4.98. The number of nitrogens with one attached hydrogen (secondary N) is 1. The van der Waals surface area contributed by atoms with Gasteiger partial charge >= 0.3 is 6.36 Å². The van der Waals surface area contributed by atoms with Crippen LogP contribution in [0.15, 0.2) is 24.3 Å². The van der Waals surface area contributed by atoms with Crippen LogP contribution in [-0.4, -0.2) is 25.1 Å². The van der Waals surface area contributed by atoms with E-state index < -0.39 is 6.36 Å². The molecule has 3 nitrogen and oxygen atoms in total. The molecule has 1 aromatic carbocycles. The molecular weight excluding hydrogens is 283 g/mol. The molecular formula is C15H22F3NO2. The number of halogens is 3. The fourth-order valence-corrected chi connectivity index (χ4v) is 1.68. The molecule has 0 radical (unpaired) electrons. The zero-order valence-corrected chi connectivity index (χ0v) is 12.7. The highest BCUT2D eigenvalue weighted by Crippen LogP contribution is 2.33. The summed E-state index contributed by atoms with van der Waals surface area (Å²) in [7, 11) is 0. The second-order valence-corrected chi connectivity index (χ2v) is 5.46. The lowest BCUT2D eigenvalue weighted by Crippen LogP contribution is -2.38. The van der Waals surface area contributed by atoms with E-state index in [1.165, 1.54) is 18.2 Å². The summed E-state index contributed by atoms with van der Waals surface area (Å²) >= 11 is 0. The summed E-state index contributed by atoms with van der Waals surface area (Å²) in [6.45, 7) is 8.46. The largest absolute Gasteiger partial charge is 0.573 e. The number of benzene rings is 1. The third-order valence-electron chi connectivity index (χ3n) is 2.82. The molecule has 0 aromatic heterocycles. The smallest absolute Gasteiger partial charge is 0.485 e. The average molecular weight is 305 g/mol. The van der Waals surface area contributed by atoms with Gasteiger partial charge in [0.05, 0.1) is 0 Å². The van der Waals surface area contributed by atoms with Crippen molar-refractivity contribution >= 4 is 0 Å². The molecule has 0 spiro atoms. The average Bonchev–Trinajstić information content (AvgIpc) is 2.33. The van der Waals surface area contributed by atoms with Gasteiger partial charge in [-0.25, -0.2) is 0 Å². The SMILES string of the molecule is CC(C)NCC(Oc1ccccc1OC(F)(F)F)C(C)C. The predicted molar refractivity (Wildman–Crippen MR) is 75.5 cm³/mol. The van der Waals surface area contributed by atoms with Gasteiger partial charge in [-0.05, 0) is 18.1 Å². The van der Waals surface area contributed by atoms with Gasteiger partial charge < -0.3 is 14.8 Å². The summed E-state index contributed by atoms with van der Waals surface area (Å²) in [5, 5.41) is 3.23. The molecule has 0 aliphatic carbocycles. The standard InChI is InChI=1S/C15H22F3NO2/c1-10(2)14(9-19-11(3)4)20-12-7-5-6-8-13(12)21-15(16,17)18/h5-8,10-11,14,19H,9H2,1-4H3. The quantitative estimate of drug-likeness (QED) is 0.826. The first-order valence-electron chi connectivity index (χ1n) is 6.94. The van der Waals surface area contributed by atoms with E-state index in [0.29, 0.717) is 6.54 Å². The van der Waals surface area contributed by atoms with Gasteiger partial charge in [-0.3, -0.25) is 0 Å². The minimum atomic E-state index is -4.73. The Morgan fingerprint density at radius 2 is 1.62 bits per heavy atom. The van der Waals surface area contributed by atoms with E-state index in [1.54, 1.807) is 6.07 Å². The van der Waals surface area contributed by atoms with Crippen LogP contribution in [0.4, 0.5) is 13.2 Å². The molecule has 0 saturated carbocycles. The predicted octanol–water partition coefficient (Wildman–Crippen LogP) is 3.99. The van der Waals surface area contributed by atoms with Crippen LogP contribution in [0.5, 0.6) is 11.5 Å². The monoisotopic (exact) mass is 305 g/mol. The first-order valence-corrected chi connectivity index (χ1v) is 6.94. The maximum Gasteiger partial charge on any atom is 0.573 e. The van der Waals surface area contributed by atoms with E-state index in [-0.39, 0.29) is 29.6 Å². The van der Waals surface area contributed by atoms with E-state index in [4.69, 9.17) is 4.74 Å². The Bertz CT molecular complexity index is 433. The van der Waals surface area contributed by atoms with Crippen molar-refractivity contribution in [3.05, 3.63) is 24.3 Å². The molecule has 0 saturated heterocycles. The van der Waals surface area contributed by atoms with Crippen molar-refractivity contribution in [2.75, 3.05) is 6.54 Å². The third kappa shape index (κ3) is 6.71. The van der Waals surface area contributed by atoms with E-state index >= 15 is 0 Å². The number of hydrogen-bond donors (Lipinski definition) is 1. The van der Waals surface area contributed by atoms with Crippen LogP contribution < -0.4 is 14.8 Å². The second-order valence-electron chi connectivity index (χ2n) is 5.46. The van der Waals surface area contributed by atoms with E-state index in [2.05, 4.69) is 10.1 Å². The first-order chi connectivity index (χ1) is 9.69. The summed E-state index contributed by atoms with van der Waals surface area (Å²) in [4.78, 5) is 0. The Hall–Kier alpha value is -1.43. The number of hydrogen-bond acceptors (Lipinski definition) is 3. The van der Waals surface area contributed by atoms with Crippen molar-refractivity contribution in [1.29, 1.82) is 0 Å². The van der Waals surface area contributed by atoms with Gasteiger partial charge in [0.25, 0.3) is 0 Å². The highest BCUT2D eigenvalue weighted by molar-refractivity contribution is 5.39. The van der Waals surface area contributed by atoms with Gasteiger partial charge in [0.15, 0.2) is 11.5 Å². The Labute approximate surface area is 123 Å². The summed E-state index contributed by atoms with van der Waals surface area (Å²) in [6, 6.07) is 6.09. The van der Waals surface area contributed by atoms with Gasteiger partial charge in [0.1, 0.15) is 6.10 Å². The van der Waals surface area contributed by atoms with Gasteiger partial charge in [-0.1, -0.05) is 39.8 Å². The Morgan fingerprint density at radius 1 is 1.05 bits per heavy atom. The van der Waals surface area contributed by atoms with Crippen LogP contribution in [0.1, 0.15) is 27.7 Å². The topological polar surface area (TPSA) is 30.5 Å². The number of ether oxygens (including phenoxy) is 2. The molecule has 0 amide bonds. The van der Waals surface area contributed by atoms with E-state index in [1.807, 2.05) is 27.7 Å². The lowest BCUT2D eigenvalue weighted by Gasteiger charge is -2.25. The van der Waals surface area contributed by atoms with E-state index in [9.17, 15) is 13.2 Å². The summed E-state index contributed by atoms with van der Waals surface area (Å²) in [5.41, 5.74) is 0. The maximum atomic E-state index is 12.4. The molecule has 0 aliphatic rings. The van der Waals surface area contributed by atoms with Crippen molar-refractivity contribution < 1.29 is 22.6 Å². The molecule has 21 heavy (non-hydrogen) atoms. The van der Waals surface area contributed by atoms with Crippen molar-refractivity contribution in [2.45, 2.75) is 46.2 Å². The Kier molecular flexibility index (Phi) is 6.33. The van der Waals surface area contributed by atoms with Crippen molar-refractivity contribution in [3.63, 3.8) is 0 Å². The van der Waals surface area contributed by atoms with Crippen LogP contribution in [0, 0.1) is 5.92 Å². The zero-order chi connectivity index (χ0) is 16.0. The molecule has 0 fully saturated rings. The number of para-hydroxylation sites is 2. The van der Waals surface area contributed by atoms with Gasteiger partial charge in [-0.15, -0.1) is 13.2 Å². The summed E-state index contributed by atoms with van der Waals surface area (Å²) in [5.74, 6) is -0.0746. The van der Waals surface area contributed by atoms with Crippen LogP contribution in [0.3, 0.4) is 0 Å². The lowest BCUT2D eigenvalue weighted by atomic mass is 10.1. The molecule has 0 bridgehead atoms. The minimum absolute atomic E-state index is 0.0964. The number of rotatable bonds is 7. The van der Waals surface area contributed by atoms with Crippen LogP contribution in [-0.2, 0) is 0 Å². The summed E-state index contributed by atoms with van der Waals surface area (Å²) < 4.78 is 46.9. The molecule has 1 unspecified atom stereocenters. The highest BCUT2D eigenvalue weighted by atomic mass is 19.4. The van der Waals surface area contributed by atoms with Crippen LogP contribution in [0.25, 0.3) is 0 Å². The van der Waals surface area contributed by atoms with Crippen molar-refractivity contribution in [1.82, 2.24) is 5.32 Å². The van der Waals surface area contributed by atoms with Gasteiger partial charge in [0.2, 0.25) is 0 Å². The molecule has 0 aliphatic heterocycles. The van der Waals surface area contributed by atoms with Crippen LogP contribution >= 0.6 is 0 Å². The van der Waals surface area contributed by atoms with Gasteiger partial charge in [0, 0.05) is 12.6 Å². The maximum absolute atomic E-state index is 12.4. The molecule has 1 N–H and O–H groups in total. The highest BCUT2D eigenvalue weighted by Gasteiger charge is 2.32. The molecule has 1 atom stereocenters. The fourth-order valence-electron chi connectivity index (χ4n) is 1.68.